The van der Waals surface area contributed by atoms with Crippen molar-refractivity contribution in [1.29, 1.82) is 0 Å². The Balaban J connectivity index is 1.12. The van der Waals surface area contributed by atoms with Gasteiger partial charge in [0.1, 0.15) is 0 Å². The molecule has 4 nitrogen and oxygen atoms in total. The van der Waals surface area contributed by atoms with E-state index in [0.29, 0.717) is 0 Å². The first-order chi connectivity index (χ1) is 14.7. The molecule has 0 spiro atoms. The Labute approximate surface area is 178 Å². The molecule has 0 saturated heterocycles. The monoisotopic (exact) mass is 402 g/mol. The Bertz CT molecular complexity index is 868. The lowest BCUT2D eigenvalue weighted by Gasteiger charge is -2.29. The van der Waals surface area contributed by atoms with Gasteiger partial charge in [0.25, 0.3) is 0 Å². The molecule has 30 heavy (non-hydrogen) atoms. The number of hydrogen-bond donors (Lipinski definition) is 2. The lowest BCUT2D eigenvalue weighted by molar-refractivity contribution is -0.131. The number of carbonyl (C=O) groups excluding carboxylic acids is 2. The summed E-state index contributed by atoms with van der Waals surface area (Å²) in [5.74, 6) is 0.406. The van der Waals surface area contributed by atoms with Crippen LogP contribution in [0, 0.1) is 11.8 Å². The number of aryl methyl sites for hydroxylation is 2. The van der Waals surface area contributed by atoms with Crippen LogP contribution in [0.4, 0.5) is 0 Å². The highest BCUT2D eigenvalue weighted by atomic mass is 16.2. The topological polar surface area (TPSA) is 58.2 Å². The van der Waals surface area contributed by atoms with Gasteiger partial charge in [0.2, 0.25) is 11.8 Å². The fraction of sp³-hybridized carbons (Fsp3) is 0.462. The molecule has 4 heteroatoms. The van der Waals surface area contributed by atoms with Crippen molar-refractivity contribution in [3.63, 3.8) is 0 Å². The van der Waals surface area contributed by atoms with E-state index >= 15 is 0 Å². The highest BCUT2D eigenvalue weighted by molar-refractivity contribution is 5.82. The maximum atomic E-state index is 12.8. The minimum absolute atomic E-state index is 0.0361. The van der Waals surface area contributed by atoms with Crippen LogP contribution in [0.1, 0.15) is 72.9 Å². The van der Waals surface area contributed by atoms with Gasteiger partial charge in [-0.05, 0) is 73.6 Å². The second kappa shape index (κ2) is 8.25. The number of rotatable bonds is 4. The Morgan fingerprint density at radius 3 is 1.43 bits per heavy atom. The van der Waals surface area contributed by atoms with Gasteiger partial charge < -0.3 is 10.6 Å². The molecule has 2 unspecified atom stereocenters. The van der Waals surface area contributed by atoms with Crippen molar-refractivity contribution >= 4 is 11.8 Å². The van der Waals surface area contributed by atoms with Gasteiger partial charge in [-0.2, -0.15) is 0 Å². The van der Waals surface area contributed by atoms with Crippen molar-refractivity contribution in [1.82, 2.24) is 10.6 Å². The summed E-state index contributed by atoms with van der Waals surface area (Å²) in [6.45, 7) is 0. The number of carbonyl (C=O) groups is 2. The van der Waals surface area contributed by atoms with Gasteiger partial charge in [-0.25, -0.2) is 0 Å². The number of nitrogens with one attached hydrogen (secondary N) is 2. The van der Waals surface area contributed by atoms with Crippen molar-refractivity contribution in [2.75, 3.05) is 0 Å². The molecule has 3 aliphatic carbocycles. The number of benzene rings is 2. The van der Waals surface area contributed by atoms with Gasteiger partial charge >= 0.3 is 0 Å². The third kappa shape index (κ3) is 3.76. The van der Waals surface area contributed by atoms with Crippen LogP contribution in [-0.4, -0.2) is 11.8 Å². The zero-order valence-electron chi connectivity index (χ0n) is 17.4. The number of fused-ring (bicyclic) bond motifs is 2. The lowest BCUT2D eigenvalue weighted by atomic mass is 9.81. The molecule has 0 heterocycles. The average Bonchev–Trinajstić information content (AvgIpc) is 3.38. The highest BCUT2D eigenvalue weighted by Gasteiger charge is 2.33. The second-order valence-corrected chi connectivity index (χ2v) is 9.15. The van der Waals surface area contributed by atoms with Crippen molar-refractivity contribution in [2.45, 2.75) is 63.5 Å². The summed E-state index contributed by atoms with van der Waals surface area (Å²) in [6, 6.07) is 17.1. The maximum Gasteiger partial charge on any atom is 0.223 e. The molecule has 2 amide bonds. The van der Waals surface area contributed by atoms with Crippen LogP contribution in [0.15, 0.2) is 48.5 Å². The highest BCUT2D eigenvalue weighted by Crippen LogP contribution is 2.35. The number of amides is 2. The molecule has 2 aromatic rings. The predicted octanol–water partition coefficient (Wildman–Crippen LogP) is 4.40. The summed E-state index contributed by atoms with van der Waals surface area (Å²) in [5, 5.41) is 6.56. The zero-order valence-corrected chi connectivity index (χ0v) is 17.4. The normalized spacial score (nSPS) is 27.2. The van der Waals surface area contributed by atoms with Crippen LogP contribution in [0.3, 0.4) is 0 Å². The summed E-state index contributed by atoms with van der Waals surface area (Å²) < 4.78 is 0. The van der Waals surface area contributed by atoms with Gasteiger partial charge in [-0.3, -0.25) is 9.59 Å². The van der Waals surface area contributed by atoms with Gasteiger partial charge in [0.05, 0.1) is 12.1 Å². The fourth-order valence-corrected chi connectivity index (χ4v) is 5.61. The Kier molecular flexibility index (Phi) is 5.32. The standard InChI is InChI=1S/C26H30N2O2/c29-25(27-23-15-13-17-5-1-3-7-21(17)23)19-9-11-20(12-10-19)26(30)28-24-16-14-18-6-2-4-8-22(18)24/h1-8,19-20,23-24H,9-16H2,(H,27,29)(H,28,30). The van der Waals surface area contributed by atoms with Crippen LogP contribution in [0.5, 0.6) is 0 Å². The zero-order chi connectivity index (χ0) is 20.5. The van der Waals surface area contributed by atoms with Crippen molar-refractivity contribution in [3.05, 3.63) is 70.8 Å². The molecule has 1 saturated carbocycles. The third-order valence-corrected chi connectivity index (χ3v) is 7.37. The summed E-state index contributed by atoms with van der Waals surface area (Å²) in [7, 11) is 0. The number of hydrogen-bond acceptors (Lipinski definition) is 2. The van der Waals surface area contributed by atoms with E-state index in [-0.39, 0.29) is 35.7 Å². The van der Waals surface area contributed by atoms with Gasteiger partial charge in [-0.1, -0.05) is 48.5 Å². The van der Waals surface area contributed by atoms with Crippen LogP contribution >= 0.6 is 0 Å². The smallest absolute Gasteiger partial charge is 0.223 e. The first-order valence-electron chi connectivity index (χ1n) is 11.5. The van der Waals surface area contributed by atoms with E-state index in [1.165, 1.54) is 22.3 Å². The van der Waals surface area contributed by atoms with Gasteiger partial charge in [0.15, 0.2) is 0 Å². The second-order valence-electron chi connectivity index (χ2n) is 9.15. The largest absolute Gasteiger partial charge is 0.349 e. The summed E-state index contributed by atoms with van der Waals surface area (Å²) in [5.41, 5.74) is 5.26. The molecule has 3 aliphatic rings. The van der Waals surface area contributed by atoms with E-state index in [9.17, 15) is 9.59 Å². The predicted molar refractivity (Wildman–Crippen MR) is 117 cm³/mol. The lowest BCUT2D eigenvalue weighted by Crippen LogP contribution is -2.39. The summed E-state index contributed by atoms with van der Waals surface area (Å²) in [6.07, 6.45) is 7.28. The Morgan fingerprint density at radius 1 is 0.600 bits per heavy atom. The third-order valence-electron chi connectivity index (χ3n) is 7.37. The first kappa shape index (κ1) is 19.3. The maximum absolute atomic E-state index is 12.8. The molecule has 2 aromatic carbocycles. The van der Waals surface area contributed by atoms with E-state index in [0.717, 1.165) is 51.4 Å². The van der Waals surface area contributed by atoms with Crippen molar-refractivity contribution in [3.8, 4) is 0 Å². The Hall–Kier alpha value is -2.62. The molecule has 156 valence electrons. The van der Waals surface area contributed by atoms with Crippen LogP contribution in [0.25, 0.3) is 0 Å². The molecular weight excluding hydrogens is 372 g/mol. The first-order valence-corrected chi connectivity index (χ1v) is 11.5. The SMILES string of the molecule is O=C(NC1CCc2ccccc21)C1CCC(C(=O)NC2CCc3ccccc32)CC1. The molecule has 0 bridgehead atoms. The molecule has 0 aromatic heterocycles. The van der Waals surface area contributed by atoms with E-state index in [1.54, 1.807) is 0 Å². The van der Waals surface area contributed by atoms with Crippen LogP contribution in [0.2, 0.25) is 0 Å². The van der Waals surface area contributed by atoms with Crippen molar-refractivity contribution < 1.29 is 9.59 Å². The molecular formula is C26H30N2O2. The Morgan fingerprint density at radius 2 is 1.00 bits per heavy atom. The van der Waals surface area contributed by atoms with Gasteiger partial charge in [0, 0.05) is 11.8 Å². The van der Waals surface area contributed by atoms with Crippen LogP contribution in [-0.2, 0) is 22.4 Å². The molecule has 0 radical (unpaired) electrons. The van der Waals surface area contributed by atoms with Crippen LogP contribution < -0.4 is 10.6 Å². The van der Waals surface area contributed by atoms with E-state index in [1.807, 2.05) is 0 Å². The van der Waals surface area contributed by atoms with E-state index < -0.39 is 0 Å². The van der Waals surface area contributed by atoms with Crippen molar-refractivity contribution in [2.24, 2.45) is 11.8 Å². The molecule has 2 atom stereocenters. The van der Waals surface area contributed by atoms with E-state index in [2.05, 4.69) is 59.2 Å². The average molecular weight is 403 g/mol. The minimum atomic E-state index is 0.0361. The summed E-state index contributed by atoms with van der Waals surface area (Å²) in [4.78, 5) is 25.7. The molecule has 0 aliphatic heterocycles. The molecule has 5 rings (SSSR count). The molecule has 1 fully saturated rings. The van der Waals surface area contributed by atoms with E-state index in [4.69, 9.17) is 0 Å². The minimum Gasteiger partial charge on any atom is -0.349 e. The quantitative estimate of drug-likeness (QED) is 0.796. The van der Waals surface area contributed by atoms with Gasteiger partial charge in [-0.15, -0.1) is 0 Å². The molecule has 2 N–H and O–H groups in total. The fourth-order valence-electron chi connectivity index (χ4n) is 5.61. The summed E-state index contributed by atoms with van der Waals surface area (Å²) >= 11 is 0.